The Bertz CT molecular complexity index is 101. The Morgan fingerprint density at radius 2 is 2.25 bits per heavy atom. The fraction of sp³-hybridized carbons (Fsp3) is 0.833. The monoisotopic (exact) mass is 224 g/mol. The van der Waals surface area contributed by atoms with Crippen molar-refractivity contribution < 1.29 is 4.79 Å². The van der Waals surface area contributed by atoms with E-state index in [1.54, 1.807) is 0 Å². The van der Waals surface area contributed by atoms with Crippen LogP contribution >= 0.6 is 22.6 Å². The molecule has 8 heavy (non-hydrogen) atoms. The maximum atomic E-state index is 10.8. The number of Topliss-reactive ketones (excluding diaryl/α,β-unsaturated/α-hetero) is 1. The van der Waals surface area contributed by atoms with Crippen molar-refractivity contribution in [2.75, 3.05) is 0 Å². The van der Waals surface area contributed by atoms with E-state index >= 15 is 0 Å². The normalized spacial score (nSPS) is 30.6. The van der Waals surface area contributed by atoms with Crippen molar-refractivity contribution in [1.82, 2.24) is 0 Å². The Balaban J connectivity index is 2.39. The van der Waals surface area contributed by atoms with Crippen molar-refractivity contribution in [2.24, 2.45) is 0 Å². The molecule has 0 radical (unpaired) electrons. The Labute approximate surface area is 63.0 Å². The van der Waals surface area contributed by atoms with Crippen molar-refractivity contribution in [3.05, 3.63) is 0 Å². The molecule has 0 saturated heterocycles. The zero-order valence-corrected chi connectivity index (χ0v) is 6.85. The molecule has 1 nitrogen and oxygen atoms in total. The van der Waals surface area contributed by atoms with Crippen LogP contribution in [0.1, 0.15) is 25.7 Å². The van der Waals surface area contributed by atoms with Gasteiger partial charge in [-0.3, -0.25) is 4.79 Å². The summed E-state index contributed by atoms with van der Waals surface area (Å²) in [6, 6.07) is 0. The molecule has 0 aliphatic heterocycles. The minimum absolute atomic E-state index is 0.335. The molecule has 1 aliphatic carbocycles. The molecule has 1 atom stereocenters. The standard InChI is InChI=1S/C6H9IO/c7-5-3-1-2-4-6(5)8/h5H,1-4H2. The summed E-state index contributed by atoms with van der Waals surface area (Å²) in [6.45, 7) is 0. The lowest BCUT2D eigenvalue weighted by atomic mass is 10.00. The van der Waals surface area contributed by atoms with Gasteiger partial charge in [-0.2, -0.15) is 0 Å². The van der Waals surface area contributed by atoms with Gasteiger partial charge in [-0.05, 0) is 12.8 Å². The number of ketones is 1. The molecule has 0 aromatic rings. The first-order valence-electron chi connectivity index (χ1n) is 2.97. The van der Waals surface area contributed by atoms with E-state index in [4.69, 9.17) is 0 Å². The van der Waals surface area contributed by atoms with Crippen LogP contribution in [-0.4, -0.2) is 9.71 Å². The molecule has 0 spiro atoms. The molecule has 46 valence electrons. The van der Waals surface area contributed by atoms with E-state index in [1.807, 2.05) is 0 Å². The van der Waals surface area contributed by atoms with E-state index in [0.717, 1.165) is 19.3 Å². The fourth-order valence-electron chi connectivity index (χ4n) is 0.940. The molecule has 0 aromatic heterocycles. The largest absolute Gasteiger partial charge is 0.299 e. The van der Waals surface area contributed by atoms with Crippen LogP contribution in [-0.2, 0) is 4.79 Å². The summed E-state index contributed by atoms with van der Waals surface area (Å²) in [4.78, 5) is 10.8. The molecular weight excluding hydrogens is 215 g/mol. The summed E-state index contributed by atoms with van der Waals surface area (Å²) < 4.78 is 0.335. The lowest BCUT2D eigenvalue weighted by Crippen LogP contribution is -2.17. The molecule has 1 unspecified atom stereocenters. The summed E-state index contributed by atoms with van der Waals surface area (Å²) in [5.74, 6) is 0.455. The second-order valence-corrected chi connectivity index (χ2v) is 3.68. The van der Waals surface area contributed by atoms with E-state index in [2.05, 4.69) is 22.6 Å². The van der Waals surface area contributed by atoms with Gasteiger partial charge in [-0.25, -0.2) is 0 Å². The molecule has 1 fully saturated rings. The molecule has 0 N–H and O–H groups in total. The van der Waals surface area contributed by atoms with Gasteiger partial charge in [0.05, 0.1) is 3.92 Å². The van der Waals surface area contributed by atoms with Gasteiger partial charge in [0, 0.05) is 6.42 Å². The summed E-state index contributed by atoms with van der Waals surface area (Å²) >= 11 is 2.23. The van der Waals surface area contributed by atoms with E-state index in [9.17, 15) is 4.79 Å². The lowest BCUT2D eigenvalue weighted by molar-refractivity contribution is -0.119. The fourth-order valence-corrected chi connectivity index (χ4v) is 1.69. The maximum Gasteiger partial charge on any atom is 0.145 e. The molecule has 0 amide bonds. The van der Waals surface area contributed by atoms with Gasteiger partial charge < -0.3 is 0 Å². The minimum Gasteiger partial charge on any atom is -0.299 e. The minimum atomic E-state index is 0.335. The first kappa shape index (κ1) is 6.52. The van der Waals surface area contributed by atoms with Crippen molar-refractivity contribution in [3.8, 4) is 0 Å². The number of hydrogen-bond acceptors (Lipinski definition) is 1. The molecule has 1 saturated carbocycles. The molecule has 0 heterocycles. The lowest BCUT2D eigenvalue weighted by Gasteiger charge is -2.13. The molecule has 0 bridgehead atoms. The Hall–Kier alpha value is 0.400. The topological polar surface area (TPSA) is 17.1 Å². The Morgan fingerprint density at radius 3 is 2.62 bits per heavy atom. The van der Waals surface area contributed by atoms with Crippen LogP contribution in [0.4, 0.5) is 0 Å². The second-order valence-electron chi connectivity index (χ2n) is 2.18. The van der Waals surface area contributed by atoms with Gasteiger partial charge >= 0.3 is 0 Å². The van der Waals surface area contributed by atoms with Gasteiger partial charge in [0.15, 0.2) is 0 Å². The maximum absolute atomic E-state index is 10.8. The van der Waals surface area contributed by atoms with Gasteiger partial charge in [-0.15, -0.1) is 0 Å². The first-order valence-corrected chi connectivity index (χ1v) is 4.22. The summed E-state index contributed by atoms with van der Waals surface area (Å²) in [5, 5.41) is 0. The van der Waals surface area contributed by atoms with Crippen molar-refractivity contribution in [3.63, 3.8) is 0 Å². The quantitative estimate of drug-likeness (QED) is 0.454. The van der Waals surface area contributed by atoms with Gasteiger partial charge in [-0.1, -0.05) is 29.0 Å². The number of rotatable bonds is 0. The molecule has 2 heteroatoms. The first-order chi connectivity index (χ1) is 3.80. The number of halogens is 1. The predicted octanol–water partition coefficient (Wildman–Crippen LogP) is 1.93. The van der Waals surface area contributed by atoms with E-state index in [1.165, 1.54) is 6.42 Å². The highest BCUT2D eigenvalue weighted by Crippen LogP contribution is 2.20. The zero-order chi connectivity index (χ0) is 5.98. The summed E-state index contributed by atoms with van der Waals surface area (Å²) in [5.41, 5.74) is 0. The van der Waals surface area contributed by atoms with E-state index < -0.39 is 0 Å². The van der Waals surface area contributed by atoms with Crippen molar-refractivity contribution in [1.29, 1.82) is 0 Å². The van der Waals surface area contributed by atoms with Crippen molar-refractivity contribution in [2.45, 2.75) is 29.6 Å². The second kappa shape index (κ2) is 2.80. The molecular formula is C6H9IO. The summed E-state index contributed by atoms with van der Waals surface area (Å²) in [7, 11) is 0. The zero-order valence-electron chi connectivity index (χ0n) is 4.69. The Kier molecular flexibility index (Phi) is 2.28. The van der Waals surface area contributed by atoms with Gasteiger partial charge in [0.2, 0.25) is 0 Å². The molecule has 0 aromatic carbocycles. The average molecular weight is 224 g/mol. The van der Waals surface area contributed by atoms with Crippen LogP contribution in [0.5, 0.6) is 0 Å². The number of alkyl halides is 1. The van der Waals surface area contributed by atoms with Crippen molar-refractivity contribution >= 4 is 28.4 Å². The molecule has 1 aliphatic rings. The number of carbonyl (C=O) groups is 1. The average Bonchev–Trinajstić information content (AvgIpc) is 1.77. The summed E-state index contributed by atoms with van der Waals surface area (Å²) in [6.07, 6.45) is 4.31. The van der Waals surface area contributed by atoms with Crippen LogP contribution < -0.4 is 0 Å². The van der Waals surface area contributed by atoms with E-state index in [-0.39, 0.29) is 0 Å². The smallest absolute Gasteiger partial charge is 0.145 e. The molecule has 1 rings (SSSR count). The highest BCUT2D eigenvalue weighted by molar-refractivity contribution is 14.1. The predicted molar refractivity (Wildman–Crippen MR) is 41.3 cm³/mol. The Morgan fingerprint density at radius 1 is 1.50 bits per heavy atom. The van der Waals surface area contributed by atoms with E-state index in [0.29, 0.717) is 9.71 Å². The van der Waals surface area contributed by atoms with Crippen LogP contribution in [0.25, 0.3) is 0 Å². The van der Waals surface area contributed by atoms with Gasteiger partial charge in [0.1, 0.15) is 5.78 Å². The SMILES string of the molecule is O=C1CCCCC1I. The third-order valence-corrected chi connectivity index (χ3v) is 2.80. The highest BCUT2D eigenvalue weighted by Gasteiger charge is 2.17. The van der Waals surface area contributed by atoms with Crippen LogP contribution in [0.3, 0.4) is 0 Å². The highest BCUT2D eigenvalue weighted by atomic mass is 127. The van der Waals surface area contributed by atoms with Crippen LogP contribution in [0.15, 0.2) is 0 Å². The number of carbonyl (C=O) groups excluding carboxylic acids is 1. The third-order valence-electron chi connectivity index (χ3n) is 1.48. The van der Waals surface area contributed by atoms with Crippen LogP contribution in [0.2, 0.25) is 0 Å². The number of hydrogen-bond donors (Lipinski definition) is 0. The van der Waals surface area contributed by atoms with Crippen LogP contribution in [0, 0.1) is 0 Å². The van der Waals surface area contributed by atoms with Gasteiger partial charge in [0.25, 0.3) is 0 Å². The third kappa shape index (κ3) is 1.44.